The molecule has 0 atom stereocenters. The van der Waals surface area contributed by atoms with Crippen molar-refractivity contribution >= 4 is 11.9 Å². The maximum atomic E-state index is 11.9. The Balaban J connectivity index is 1.45. The van der Waals surface area contributed by atoms with Crippen LogP contribution in [0.25, 0.3) is 0 Å². The molecule has 2 fully saturated rings. The predicted octanol–water partition coefficient (Wildman–Crippen LogP) is 3.60. The van der Waals surface area contributed by atoms with Crippen LogP contribution in [0.5, 0.6) is 0 Å². The SMILES string of the molecule is CCNC(=NCc1cccc(CN2CCCC2=O)c1)NCCOC1CCCCCC1. The molecule has 0 bridgehead atoms. The standard InChI is InChI=1S/C24H38N4O2/c1-2-25-24(26-14-16-30-22-11-5-3-4-6-12-22)27-18-20-9-7-10-21(17-20)19-28-15-8-13-23(28)29/h7,9-10,17,22H,2-6,8,11-16,18-19H2,1H3,(H2,25,26,27). The quantitative estimate of drug-likeness (QED) is 0.280. The molecule has 1 heterocycles. The molecule has 0 spiro atoms. The van der Waals surface area contributed by atoms with Gasteiger partial charge in [-0.15, -0.1) is 0 Å². The Labute approximate surface area is 181 Å². The Bertz CT molecular complexity index is 684. The number of benzene rings is 1. The van der Waals surface area contributed by atoms with Gasteiger partial charge in [-0.25, -0.2) is 4.99 Å². The number of carbonyl (C=O) groups excluding carboxylic acids is 1. The third kappa shape index (κ3) is 7.63. The molecule has 1 aliphatic carbocycles. The largest absolute Gasteiger partial charge is 0.376 e. The average molecular weight is 415 g/mol. The van der Waals surface area contributed by atoms with Crippen molar-refractivity contribution in [1.29, 1.82) is 0 Å². The fraction of sp³-hybridized carbons (Fsp3) is 0.667. The summed E-state index contributed by atoms with van der Waals surface area (Å²) in [7, 11) is 0. The summed E-state index contributed by atoms with van der Waals surface area (Å²) in [6, 6.07) is 8.40. The highest BCUT2D eigenvalue weighted by Crippen LogP contribution is 2.19. The van der Waals surface area contributed by atoms with Gasteiger partial charge >= 0.3 is 0 Å². The molecular formula is C24H38N4O2. The van der Waals surface area contributed by atoms with Gasteiger partial charge in [-0.2, -0.15) is 0 Å². The van der Waals surface area contributed by atoms with Gasteiger partial charge in [0.2, 0.25) is 5.91 Å². The van der Waals surface area contributed by atoms with Crippen LogP contribution < -0.4 is 10.6 Å². The molecule has 1 aromatic rings. The van der Waals surface area contributed by atoms with Crippen LogP contribution in [0.1, 0.15) is 69.4 Å². The molecule has 0 aromatic heterocycles. The van der Waals surface area contributed by atoms with Crippen LogP contribution in [-0.4, -0.2) is 49.1 Å². The van der Waals surface area contributed by atoms with Crippen molar-refractivity contribution in [3.63, 3.8) is 0 Å². The summed E-state index contributed by atoms with van der Waals surface area (Å²) in [4.78, 5) is 18.5. The summed E-state index contributed by atoms with van der Waals surface area (Å²) in [5.74, 6) is 1.09. The maximum absolute atomic E-state index is 11.9. The Morgan fingerprint density at radius 2 is 1.93 bits per heavy atom. The van der Waals surface area contributed by atoms with E-state index in [0.29, 0.717) is 32.2 Å². The number of amides is 1. The normalized spacial score (nSPS) is 18.5. The maximum Gasteiger partial charge on any atom is 0.222 e. The first kappa shape index (κ1) is 22.6. The minimum Gasteiger partial charge on any atom is -0.376 e. The Kier molecular flexibility index (Phi) is 9.48. The number of nitrogens with zero attached hydrogens (tertiary/aromatic N) is 2. The third-order valence-corrected chi connectivity index (χ3v) is 5.85. The van der Waals surface area contributed by atoms with Crippen LogP contribution in [0.4, 0.5) is 0 Å². The number of aliphatic imine (C=N–C) groups is 1. The number of carbonyl (C=O) groups is 1. The zero-order valence-electron chi connectivity index (χ0n) is 18.5. The second-order valence-corrected chi connectivity index (χ2v) is 8.35. The number of hydrogen-bond donors (Lipinski definition) is 2. The van der Waals surface area contributed by atoms with E-state index in [9.17, 15) is 4.79 Å². The molecule has 1 aliphatic heterocycles. The zero-order chi connectivity index (χ0) is 21.0. The molecule has 1 saturated carbocycles. The molecule has 1 aromatic carbocycles. The summed E-state index contributed by atoms with van der Waals surface area (Å²) < 4.78 is 6.06. The van der Waals surface area contributed by atoms with Crippen LogP contribution >= 0.6 is 0 Å². The number of rotatable bonds is 9. The average Bonchev–Trinajstić information content (AvgIpc) is 2.99. The van der Waals surface area contributed by atoms with Crippen molar-refractivity contribution in [3.8, 4) is 0 Å². The van der Waals surface area contributed by atoms with Crippen molar-refractivity contribution in [2.24, 2.45) is 4.99 Å². The van der Waals surface area contributed by atoms with Crippen molar-refractivity contribution in [2.75, 3.05) is 26.2 Å². The van der Waals surface area contributed by atoms with Crippen molar-refractivity contribution in [2.45, 2.75) is 77.5 Å². The first-order valence-corrected chi connectivity index (χ1v) is 11.7. The van der Waals surface area contributed by atoms with E-state index in [4.69, 9.17) is 9.73 Å². The van der Waals surface area contributed by atoms with Crippen molar-refractivity contribution in [1.82, 2.24) is 15.5 Å². The highest BCUT2D eigenvalue weighted by Gasteiger charge is 2.19. The molecule has 0 unspecified atom stereocenters. The van der Waals surface area contributed by atoms with Gasteiger partial charge in [-0.3, -0.25) is 4.79 Å². The van der Waals surface area contributed by atoms with Gasteiger partial charge in [-0.1, -0.05) is 49.9 Å². The summed E-state index contributed by atoms with van der Waals surface area (Å²) in [5.41, 5.74) is 2.33. The van der Waals surface area contributed by atoms with E-state index in [1.165, 1.54) is 44.1 Å². The molecule has 0 radical (unpaired) electrons. The van der Waals surface area contributed by atoms with Gasteiger partial charge in [-0.05, 0) is 37.3 Å². The molecule has 30 heavy (non-hydrogen) atoms. The molecule has 2 N–H and O–H groups in total. The van der Waals surface area contributed by atoms with Crippen LogP contribution in [0, 0.1) is 0 Å². The molecule has 166 valence electrons. The van der Waals surface area contributed by atoms with E-state index < -0.39 is 0 Å². The minimum atomic E-state index is 0.267. The van der Waals surface area contributed by atoms with E-state index in [2.05, 4.69) is 41.8 Å². The fourth-order valence-electron chi connectivity index (χ4n) is 4.23. The van der Waals surface area contributed by atoms with E-state index in [1.807, 2.05) is 4.90 Å². The topological polar surface area (TPSA) is 66.0 Å². The Morgan fingerprint density at radius 3 is 2.67 bits per heavy atom. The smallest absolute Gasteiger partial charge is 0.222 e. The number of ether oxygens (including phenoxy) is 1. The van der Waals surface area contributed by atoms with Crippen molar-refractivity contribution < 1.29 is 9.53 Å². The number of hydrogen-bond acceptors (Lipinski definition) is 3. The summed E-state index contributed by atoms with van der Waals surface area (Å²) in [6.07, 6.45) is 9.80. The molecule has 2 aliphatic rings. The van der Waals surface area contributed by atoms with Gasteiger partial charge in [0.1, 0.15) is 0 Å². The molecule has 1 amide bonds. The monoisotopic (exact) mass is 414 g/mol. The van der Waals surface area contributed by atoms with Crippen molar-refractivity contribution in [3.05, 3.63) is 35.4 Å². The Hall–Kier alpha value is -2.08. The first-order chi connectivity index (χ1) is 14.7. The molecule has 6 heteroatoms. The second-order valence-electron chi connectivity index (χ2n) is 8.35. The van der Waals surface area contributed by atoms with E-state index >= 15 is 0 Å². The lowest BCUT2D eigenvalue weighted by atomic mass is 10.1. The summed E-state index contributed by atoms with van der Waals surface area (Å²) in [5, 5.41) is 6.70. The summed E-state index contributed by atoms with van der Waals surface area (Å²) in [6.45, 7) is 6.57. The second kappa shape index (κ2) is 12.6. The zero-order valence-corrected chi connectivity index (χ0v) is 18.5. The van der Waals surface area contributed by atoms with E-state index in [1.54, 1.807) is 0 Å². The van der Waals surface area contributed by atoms with Crippen LogP contribution in [-0.2, 0) is 22.6 Å². The highest BCUT2D eigenvalue weighted by molar-refractivity contribution is 5.79. The Morgan fingerprint density at radius 1 is 1.13 bits per heavy atom. The van der Waals surface area contributed by atoms with Gasteiger partial charge < -0.3 is 20.3 Å². The number of guanidine groups is 1. The van der Waals surface area contributed by atoms with Gasteiger partial charge in [0.25, 0.3) is 0 Å². The molecule has 3 rings (SSSR count). The van der Waals surface area contributed by atoms with Crippen LogP contribution in [0.3, 0.4) is 0 Å². The lowest BCUT2D eigenvalue weighted by Gasteiger charge is -2.17. The van der Waals surface area contributed by atoms with E-state index in [-0.39, 0.29) is 5.91 Å². The third-order valence-electron chi connectivity index (χ3n) is 5.85. The van der Waals surface area contributed by atoms with Gasteiger partial charge in [0.15, 0.2) is 5.96 Å². The van der Waals surface area contributed by atoms with Crippen LogP contribution in [0.15, 0.2) is 29.3 Å². The first-order valence-electron chi connectivity index (χ1n) is 11.7. The molecule has 1 saturated heterocycles. The number of nitrogens with one attached hydrogen (secondary N) is 2. The van der Waals surface area contributed by atoms with Gasteiger partial charge in [0.05, 0.1) is 19.3 Å². The predicted molar refractivity (Wildman–Crippen MR) is 121 cm³/mol. The van der Waals surface area contributed by atoms with Gasteiger partial charge in [0, 0.05) is 32.6 Å². The number of likely N-dealkylation sites (tertiary alicyclic amines) is 1. The lowest BCUT2D eigenvalue weighted by molar-refractivity contribution is -0.128. The highest BCUT2D eigenvalue weighted by atomic mass is 16.5. The summed E-state index contributed by atoms with van der Waals surface area (Å²) >= 11 is 0. The fourth-order valence-corrected chi connectivity index (χ4v) is 4.23. The minimum absolute atomic E-state index is 0.267. The van der Waals surface area contributed by atoms with E-state index in [0.717, 1.165) is 37.6 Å². The molecule has 6 nitrogen and oxygen atoms in total. The molecular weight excluding hydrogens is 376 g/mol. The lowest BCUT2D eigenvalue weighted by Crippen LogP contribution is -2.39. The van der Waals surface area contributed by atoms with Crippen LogP contribution in [0.2, 0.25) is 0 Å².